The molecule has 5 nitrogen and oxygen atoms in total. The van der Waals surface area contributed by atoms with Crippen LogP contribution in [0.1, 0.15) is 11.5 Å². The molecule has 0 bridgehead atoms. The lowest BCUT2D eigenvalue weighted by atomic mass is 10.2. The number of aryl methyl sites for hydroxylation is 1. The van der Waals surface area contributed by atoms with Crippen LogP contribution in [0.4, 0.5) is 5.82 Å². The first-order valence-electron chi connectivity index (χ1n) is 6.06. The third-order valence-electron chi connectivity index (χ3n) is 2.84. The first-order chi connectivity index (χ1) is 9.33. The summed E-state index contributed by atoms with van der Waals surface area (Å²) >= 11 is 0. The molecule has 0 amide bonds. The van der Waals surface area contributed by atoms with Gasteiger partial charge in [0, 0.05) is 17.0 Å². The van der Waals surface area contributed by atoms with E-state index in [2.05, 4.69) is 25.5 Å². The molecule has 0 fully saturated rings. The van der Waals surface area contributed by atoms with E-state index >= 15 is 0 Å². The van der Waals surface area contributed by atoms with E-state index in [1.165, 1.54) is 0 Å². The molecule has 0 atom stereocenters. The molecule has 2 aromatic heterocycles. The van der Waals surface area contributed by atoms with E-state index in [0.29, 0.717) is 6.54 Å². The number of hydrogen-bond acceptors (Lipinski definition) is 5. The fourth-order valence-corrected chi connectivity index (χ4v) is 1.94. The summed E-state index contributed by atoms with van der Waals surface area (Å²) in [5.74, 6) is 1.54. The summed E-state index contributed by atoms with van der Waals surface area (Å²) in [5, 5.41) is 13.5. The Balaban J connectivity index is 1.86. The number of aromatic nitrogens is 4. The van der Waals surface area contributed by atoms with Crippen LogP contribution in [0, 0.1) is 6.92 Å². The lowest BCUT2D eigenvalue weighted by Crippen LogP contribution is -2.05. The van der Waals surface area contributed by atoms with Crippen molar-refractivity contribution in [2.75, 3.05) is 5.32 Å². The molecule has 3 aromatic rings. The van der Waals surface area contributed by atoms with E-state index in [0.717, 1.165) is 28.1 Å². The molecule has 3 rings (SSSR count). The van der Waals surface area contributed by atoms with Crippen molar-refractivity contribution in [3.05, 3.63) is 54.2 Å². The molecule has 0 aliphatic rings. The van der Waals surface area contributed by atoms with Gasteiger partial charge in [0.1, 0.15) is 5.82 Å². The van der Waals surface area contributed by atoms with Gasteiger partial charge in [-0.25, -0.2) is 9.97 Å². The molecule has 2 heterocycles. The SMILES string of the molecule is Cc1nccc(CNc2nncc3ccccc23)n1. The molecular formula is C14H13N5. The maximum atomic E-state index is 4.35. The van der Waals surface area contributed by atoms with Gasteiger partial charge in [0.25, 0.3) is 0 Å². The van der Waals surface area contributed by atoms with Gasteiger partial charge in [0.05, 0.1) is 18.4 Å². The fraction of sp³-hybridized carbons (Fsp3) is 0.143. The summed E-state index contributed by atoms with van der Waals surface area (Å²) in [6, 6.07) is 9.91. The van der Waals surface area contributed by atoms with Crippen molar-refractivity contribution in [2.24, 2.45) is 0 Å². The van der Waals surface area contributed by atoms with Crippen molar-refractivity contribution < 1.29 is 0 Å². The van der Waals surface area contributed by atoms with Crippen molar-refractivity contribution in [1.29, 1.82) is 0 Å². The van der Waals surface area contributed by atoms with Gasteiger partial charge in [-0.15, -0.1) is 5.10 Å². The maximum absolute atomic E-state index is 4.35. The van der Waals surface area contributed by atoms with Gasteiger partial charge >= 0.3 is 0 Å². The third-order valence-corrected chi connectivity index (χ3v) is 2.84. The van der Waals surface area contributed by atoms with Crippen LogP contribution in [0.15, 0.2) is 42.7 Å². The van der Waals surface area contributed by atoms with E-state index in [1.54, 1.807) is 12.4 Å². The molecule has 0 aliphatic carbocycles. The highest BCUT2D eigenvalue weighted by atomic mass is 15.2. The fourth-order valence-electron chi connectivity index (χ4n) is 1.94. The number of nitrogens with one attached hydrogen (secondary N) is 1. The van der Waals surface area contributed by atoms with Crippen LogP contribution < -0.4 is 5.32 Å². The quantitative estimate of drug-likeness (QED) is 0.774. The van der Waals surface area contributed by atoms with Crippen molar-refractivity contribution in [1.82, 2.24) is 20.2 Å². The summed E-state index contributed by atoms with van der Waals surface area (Å²) in [4.78, 5) is 8.42. The zero-order valence-electron chi connectivity index (χ0n) is 10.5. The highest BCUT2D eigenvalue weighted by molar-refractivity contribution is 5.90. The number of fused-ring (bicyclic) bond motifs is 1. The second kappa shape index (κ2) is 4.97. The Kier molecular flexibility index (Phi) is 3.02. The van der Waals surface area contributed by atoms with Crippen LogP contribution in [0.3, 0.4) is 0 Å². The normalized spacial score (nSPS) is 10.6. The maximum Gasteiger partial charge on any atom is 0.156 e. The lowest BCUT2D eigenvalue weighted by Gasteiger charge is -2.07. The van der Waals surface area contributed by atoms with Crippen LogP contribution in [0.25, 0.3) is 10.8 Å². The molecule has 19 heavy (non-hydrogen) atoms. The Morgan fingerprint density at radius 2 is 2.05 bits per heavy atom. The Morgan fingerprint density at radius 3 is 2.95 bits per heavy atom. The van der Waals surface area contributed by atoms with Crippen molar-refractivity contribution >= 4 is 16.6 Å². The predicted octanol–water partition coefficient (Wildman–Crippen LogP) is 2.34. The Morgan fingerprint density at radius 1 is 1.16 bits per heavy atom. The lowest BCUT2D eigenvalue weighted by molar-refractivity contribution is 0.940. The summed E-state index contributed by atoms with van der Waals surface area (Å²) in [6.45, 7) is 2.48. The number of anilines is 1. The van der Waals surface area contributed by atoms with Gasteiger partial charge in [-0.1, -0.05) is 24.3 Å². The molecule has 0 spiro atoms. The van der Waals surface area contributed by atoms with Crippen LogP contribution in [0.5, 0.6) is 0 Å². The molecule has 0 aliphatic heterocycles. The first-order valence-corrected chi connectivity index (χ1v) is 6.06. The standard InChI is InChI=1S/C14H13N5/c1-10-15-7-6-12(18-10)9-16-14-13-5-3-2-4-11(13)8-17-19-14/h2-8H,9H2,1H3,(H,16,19). The molecule has 1 N–H and O–H groups in total. The van der Waals surface area contributed by atoms with E-state index in [1.807, 2.05) is 37.3 Å². The molecule has 5 heteroatoms. The monoisotopic (exact) mass is 251 g/mol. The minimum absolute atomic E-state index is 0.603. The van der Waals surface area contributed by atoms with Gasteiger partial charge in [0.15, 0.2) is 5.82 Å². The van der Waals surface area contributed by atoms with Crippen molar-refractivity contribution in [2.45, 2.75) is 13.5 Å². The topological polar surface area (TPSA) is 63.6 Å². The molecule has 0 saturated heterocycles. The minimum atomic E-state index is 0.603. The highest BCUT2D eigenvalue weighted by Gasteiger charge is 2.03. The average Bonchev–Trinajstić information content (AvgIpc) is 2.45. The van der Waals surface area contributed by atoms with E-state index in [-0.39, 0.29) is 0 Å². The van der Waals surface area contributed by atoms with Gasteiger partial charge in [0.2, 0.25) is 0 Å². The highest BCUT2D eigenvalue weighted by Crippen LogP contribution is 2.19. The van der Waals surface area contributed by atoms with E-state index < -0.39 is 0 Å². The average molecular weight is 251 g/mol. The van der Waals surface area contributed by atoms with E-state index in [4.69, 9.17) is 0 Å². The van der Waals surface area contributed by atoms with Gasteiger partial charge in [-0.05, 0) is 13.0 Å². The molecule has 0 radical (unpaired) electrons. The number of hydrogen-bond donors (Lipinski definition) is 1. The zero-order valence-corrected chi connectivity index (χ0v) is 10.5. The zero-order chi connectivity index (χ0) is 13.1. The number of rotatable bonds is 3. The first kappa shape index (κ1) is 11.5. The Labute approximate surface area is 110 Å². The van der Waals surface area contributed by atoms with E-state index in [9.17, 15) is 0 Å². The third kappa shape index (κ3) is 2.49. The number of benzene rings is 1. The van der Waals surface area contributed by atoms with Crippen LogP contribution >= 0.6 is 0 Å². The summed E-state index contributed by atoms with van der Waals surface area (Å²) in [5.41, 5.74) is 0.933. The van der Waals surface area contributed by atoms with Gasteiger partial charge < -0.3 is 5.32 Å². The Bertz CT molecular complexity index is 706. The second-order valence-electron chi connectivity index (χ2n) is 4.23. The number of nitrogens with zero attached hydrogens (tertiary/aromatic N) is 4. The molecule has 94 valence electrons. The van der Waals surface area contributed by atoms with Gasteiger partial charge in [-0.3, -0.25) is 0 Å². The largest absolute Gasteiger partial charge is 0.362 e. The molecule has 0 unspecified atom stereocenters. The smallest absolute Gasteiger partial charge is 0.156 e. The van der Waals surface area contributed by atoms with Crippen molar-refractivity contribution in [3.63, 3.8) is 0 Å². The van der Waals surface area contributed by atoms with Crippen LogP contribution in [-0.4, -0.2) is 20.2 Å². The van der Waals surface area contributed by atoms with Gasteiger partial charge in [-0.2, -0.15) is 5.10 Å². The second-order valence-corrected chi connectivity index (χ2v) is 4.23. The molecule has 0 saturated carbocycles. The van der Waals surface area contributed by atoms with Crippen LogP contribution in [0.2, 0.25) is 0 Å². The summed E-state index contributed by atoms with van der Waals surface area (Å²) in [7, 11) is 0. The summed E-state index contributed by atoms with van der Waals surface area (Å²) < 4.78 is 0. The Hall–Kier alpha value is -2.56. The minimum Gasteiger partial charge on any atom is -0.362 e. The predicted molar refractivity (Wildman–Crippen MR) is 73.6 cm³/mol. The molecule has 1 aromatic carbocycles. The molecular weight excluding hydrogens is 238 g/mol. The van der Waals surface area contributed by atoms with Crippen LogP contribution in [-0.2, 0) is 6.54 Å². The summed E-state index contributed by atoms with van der Waals surface area (Å²) in [6.07, 6.45) is 3.52. The van der Waals surface area contributed by atoms with Crippen molar-refractivity contribution in [3.8, 4) is 0 Å².